The topological polar surface area (TPSA) is 91.4 Å². The van der Waals surface area contributed by atoms with Gasteiger partial charge in [0.25, 0.3) is 5.91 Å². The molecule has 1 aliphatic heterocycles. The molecule has 1 aromatic heterocycles. The van der Waals surface area contributed by atoms with Gasteiger partial charge in [0.05, 0.1) is 11.7 Å². The number of amides is 1. The molecule has 1 unspecified atom stereocenters. The SMILES string of the molecule is Cc1[nH]c(C(=O)O)c(C)c1C(=O)NCC1CCCCO1. The summed E-state index contributed by atoms with van der Waals surface area (Å²) in [6.07, 6.45) is 3.20. The van der Waals surface area contributed by atoms with Crippen molar-refractivity contribution < 1.29 is 19.4 Å². The van der Waals surface area contributed by atoms with Gasteiger partial charge in [0.2, 0.25) is 0 Å². The minimum atomic E-state index is -1.06. The summed E-state index contributed by atoms with van der Waals surface area (Å²) < 4.78 is 5.55. The number of aryl methyl sites for hydroxylation is 1. The molecule has 110 valence electrons. The van der Waals surface area contributed by atoms with E-state index in [4.69, 9.17) is 9.84 Å². The number of aromatic amines is 1. The van der Waals surface area contributed by atoms with Crippen LogP contribution in [0.4, 0.5) is 0 Å². The van der Waals surface area contributed by atoms with Crippen LogP contribution in [0, 0.1) is 13.8 Å². The molecule has 6 nitrogen and oxygen atoms in total. The molecule has 0 radical (unpaired) electrons. The number of nitrogens with one attached hydrogen (secondary N) is 2. The van der Waals surface area contributed by atoms with Crippen molar-refractivity contribution in [1.82, 2.24) is 10.3 Å². The molecule has 1 aromatic rings. The van der Waals surface area contributed by atoms with Crippen LogP contribution in [-0.4, -0.2) is 41.2 Å². The summed E-state index contributed by atoms with van der Waals surface area (Å²) in [7, 11) is 0. The van der Waals surface area contributed by atoms with E-state index in [1.165, 1.54) is 0 Å². The second-order valence-corrected chi connectivity index (χ2v) is 5.13. The van der Waals surface area contributed by atoms with Crippen molar-refractivity contribution >= 4 is 11.9 Å². The Labute approximate surface area is 117 Å². The molecule has 0 spiro atoms. The highest BCUT2D eigenvalue weighted by molar-refractivity contribution is 6.00. The fraction of sp³-hybridized carbons (Fsp3) is 0.571. The van der Waals surface area contributed by atoms with Gasteiger partial charge in [0, 0.05) is 18.8 Å². The Kier molecular flexibility index (Phi) is 4.44. The van der Waals surface area contributed by atoms with Gasteiger partial charge in [-0.2, -0.15) is 0 Å². The molecule has 1 amide bonds. The number of carboxylic acid groups (broad SMARTS) is 1. The maximum absolute atomic E-state index is 12.2. The average Bonchev–Trinajstić information content (AvgIpc) is 2.73. The van der Waals surface area contributed by atoms with Crippen molar-refractivity contribution in [3.8, 4) is 0 Å². The Hall–Kier alpha value is -1.82. The first kappa shape index (κ1) is 14.6. The summed E-state index contributed by atoms with van der Waals surface area (Å²) in [5, 5.41) is 11.9. The molecule has 0 bridgehead atoms. The third kappa shape index (κ3) is 3.01. The van der Waals surface area contributed by atoms with Gasteiger partial charge in [-0.3, -0.25) is 4.79 Å². The molecule has 1 saturated heterocycles. The molecule has 6 heteroatoms. The Morgan fingerprint density at radius 1 is 1.40 bits per heavy atom. The van der Waals surface area contributed by atoms with Gasteiger partial charge in [-0.05, 0) is 38.7 Å². The van der Waals surface area contributed by atoms with E-state index >= 15 is 0 Å². The first-order valence-corrected chi connectivity index (χ1v) is 6.83. The van der Waals surface area contributed by atoms with Gasteiger partial charge in [0.15, 0.2) is 0 Å². The predicted octanol–water partition coefficient (Wildman–Crippen LogP) is 1.63. The zero-order valence-electron chi connectivity index (χ0n) is 11.8. The number of ether oxygens (including phenoxy) is 1. The number of hydrogen-bond donors (Lipinski definition) is 3. The van der Waals surface area contributed by atoms with E-state index in [0.29, 0.717) is 23.4 Å². The quantitative estimate of drug-likeness (QED) is 0.781. The molecule has 0 aromatic carbocycles. The molecular formula is C14H20N2O4. The maximum atomic E-state index is 12.2. The van der Waals surface area contributed by atoms with E-state index in [0.717, 1.165) is 25.9 Å². The van der Waals surface area contributed by atoms with Crippen LogP contribution >= 0.6 is 0 Å². The molecule has 2 heterocycles. The summed E-state index contributed by atoms with van der Waals surface area (Å²) in [6.45, 7) is 4.54. The summed E-state index contributed by atoms with van der Waals surface area (Å²) in [4.78, 5) is 26.0. The van der Waals surface area contributed by atoms with E-state index in [2.05, 4.69) is 10.3 Å². The van der Waals surface area contributed by atoms with E-state index in [9.17, 15) is 9.59 Å². The van der Waals surface area contributed by atoms with Crippen molar-refractivity contribution in [2.75, 3.05) is 13.2 Å². The molecule has 1 aliphatic rings. The van der Waals surface area contributed by atoms with Crippen molar-refractivity contribution in [3.63, 3.8) is 0 Å². The molecular weight excluding hydrogens is 260 g/mol. The molecule has 1 fully saturated rings. The number of hydrogen-bond acceptors (Lipinski definition) is 3. The lowest BCUT2D eigenvalue weighted by Crippen LogP contribution is -2.35. The van der Waals surface area contributed by atoms with Gasteiger partial charge in [-0.15, -0.1) is 0 Å². The molecule has 20 heavy (non-hydrogen) atoms. The number of carbonyl (C=O) groups is 2. The second-order valence-electron chi connectivity index (χ2n) is 5.13. The fourth-order valence-corrected chi connectivity index (χ4v) is 2.57. The van der Waals surface area contributed by atoms with Crippen LogP contribution in [-0.2, 0) is 4.74 Å². The molecule has 3 N–H and O–H groups in total. The molecule has 0 saturated carbocycles. The van der Waals surface area contributed by atoms with Crippen molar-refractivity contribution in [1.29, 1.82) is 0 Å². The van der Waals surface area contributed by atoms with Gasteiger partial charge < -0.3 is 20.1 Å². The lowest BCUT2D eigenvalue weighted by Gasteiger charge is -2.22. The number of rotatable bonds is 4. The lowest BCUT2D eigenvalue weighted by atomic mass is 10.1. The van der Waals surface area contributed by atoms with Gasteiger partial charge in [0.1, 0.15) is 5.69 Å². The molecule has 1 atom stereocenters. The largest absolute Gasteiger partial charge is 0.477 e. The molecule has 2 rings (SSSR count). The van der Waals surface area contributed by atoms with Crippen LogP contribution in [0.2, 0.25) is 0 Å². The Morgan fingerprint density at radius 3 is 2.70 bits per heavy atom. The zero-order chi connectivity index (χ0) is 14.7. The highest BCUT2D eigenvalue weighted by Crippen LogP contribution is 2.18. The Morgan fingerprint density at radius 2 is 2.15 bits per heavy atom. The van der Waals surface area contributed by atoms with E-state index in [1.807, 2.05) is 0 Å². The van der Waals surface area contributed by atoms with Gasteiger partial charge in [-0.25, -0.2) is 4.79 Å². The van der Waals surface area contributed by atoms with E-state index < -0.39 is 5.97 Å². The van der Waals surface area contributed by atoms with Crippen molar-refractivity contribution in [2.24, 2.45) is 0 Å². The van der Waals surface area contributed by atoms with E-state index in [-0.39, 0.29) is 17.7 Å². The second kappa shape index (κ2) is 6.09. The third-order valence-electron chi connectivity index (χ3n) is 3.64. The van der Waals surface area contributed by atoms with Crippen LogP contribution in [0.1, 0.15) is 51.4 Å². The standard InChI is InChI=1S/C14H20N2O4/c1-8-11(9(2)16-12(8)14(18)19)13(17)15-7-10-5-3-4-6-20-10/h10,16H,3-7H2,1-2H3,(H,15,17)(H,18,19). The van der Waals surface area contributed by atoms with Crippen molar-refractivity contribution in [2.45, 2.75) is 39.2 Å². The zero-order valence-corrected chi connectivity index (χ0v) is 11.8. The first-order valence-electron chi connectivity index (χ1n) is 6.83. The van der Waals surface area contributed by atoms with Crippen LogP contribution in [0.3, 0.4) is 0 Å². The fourth-order valence-electron chi connectivity index (χ4n) is 2.57. The van der Waals surface area contributed by atoms with Gasteiger partial charge >= 0.3 is 5.97 Å². The summed E-state index contributed by atoms with van der Waals surface area (Å²) in [5.41, 5.74) is 1.53. The third-order valence-corrected chi connectivity index (χ3v) is 3.64. The predicted molar refractivity (Wildman–Crippen MR) is 73.2 cm³/mol. The van der Waals surface area contributed by atoms with E-state index in [1.54, 1.807) is 13.8 Å². The minimum Gasteiger partial charge on any atom is -0.477 e. The molecule has 0 aliphatic carbocycles. The monoisotopic (exact) mass is 280 g/mol. The Balaban J connectivity index is 2.03. The summed E-state index contributed by atoms with van der Waals surface area (Å²) in [5.74, 6) is -1.31. The minimum absolute atomic E-state index is 0.0613. The number of H-pyrrole nitrogens is 1. The average molecular weight is 280 g/mol. The van der Waals surface area contributed by atoms with Gasteiger partial charge in [-0.1, -0.05) is 0 Å². The maximum Gasteiger partial charge on any atom is 0.352 e. The first-order chi connectivity index (χ1) is 9.50. The highest BCUT2D eigenvalue weighted by atomic mass is 16.5. The number of aromatic carboxylic acids is 1. The van der Waals surface area contributed by atoms with Crippen LogP contribution < -0.4 is 5.32 Å². The van der Waals surface area contributed by atoms with Crippen molar-refractivity contribution in [3.05, 3.63) is 22.5 Å². The normalized spacial score (nSPS) is 18.8. The summed E-state index contributed by atoms with van der Waals surface area (Å²) >= 11 is 0. The number of carboxylic acids is 1. The number of aromatic nitrogens is 1. The van der Waals surface area contributed by atoms with Crippen LogP contribution in [0.25, 0.3) is 0 Å². The summed E-state index contributed by atoms with van der Waals surface area (Å²) in [6, 6.07) is 0. The highest BCUT2D eigenvalue weighted by Gasteiger charge is 2.22. The lowest BCUT2D eigenvalue weighted by molar-refractivity contribution is 0.0169. The van der Waals surface area contributed by atoms with Crippen LogP contribution in [0.15, 0.2) is 0 Å². The smallest absolute Gasteiger partial charge is 0.352 e. The number of carbonyl (C=O) groups excluding carboxylic acids is 1. The Bertz CT molecular complexity index is 515. The van der Waals surface area contributed by atoms with Crippen LogP contribution in [0.5, 0.6) is 0 Å².